The number of hydrogen-bond acceptors (Lipinski definition) is 3. The van der Waals surface area contributed by atoms with Crippen LogP contribution >= 0.6 is 7.60 Å². The van der Waals surface area contributed by atoms with E-state index in [0.717, 1.165) is 12.8 Å². The molecule has 0 rings (SSSR count). The number of rotatable bonds is 17. The third-order valence-corrected chi connectivity index (χ3v) is 5.34. The lowest BCUT2D eigenvalue weighted by atomic mass is 10.0. The first-order valence-electron chi connectivity index (χ1n) is 10.0. The molecule has 25 heavy (non-hydrogen) atoms. The van der Waals surface area contributed by atoms with E-state index in [4.69, 9.17) is 15.5 Å². The molecule has 0 aliphatic rings. The van der Waals surface area contributed by atoms with Gasteiger partial charge in [-0.3, -0.25) is 4.57 Å². The van der Waals surface area contributed by atoms with E-state index < -0.39 is 19.7 Å². The minimum atomic E-state index is -4.03. The van der Waals surface area contributed by atoms with Crippen LogP contribution in [-0.2, 0) is 4.57 Å². The van der Waals surface area contributed by atoms with Gasteiger partial charge in [0, 0.05) is 6.04 Å². The van der Waals surface area contributed by atoms with E-state index in [-0.39, 0.29) is 12.6 Å². The summed E-state index contributed by atoms with van der Waals surface area (Å²) in [6.07, 6.45) is 17.9. The molecule has 0 aliphatic carbocycles. The summed E-state index contributed by atoms with van der Waals surface area (Å²) in [7, 11) is -4.03. The highest BCUT2D eigenvalue weighted by Gasteiger charge is 2.18. The van der Waals surface area contributed by atoms with Gasteiger partial charge < -0.3 is 20.6 Å². The van der Waals surface area contributed by atoms with Crippen LogP contribution in [0.5, 0.6) is 0 Å². The zero-order chi connectivity index (χ0) is 19.0. The van der Waals surface area contributed by atoms with Gasteiger partial charge in [0.15, 0.2) is 0 Å². The zero-order valence-electron chi connectivity index (χ0n) is 16.0. The quantitative estimate of drug-likeness (QED) is 0.170. The van der Waals surface area contributed by atoms with E-state index in [1.165, 1.54) is 64.2 Å². The van der Waals surface area contributed by atoms with Crippen LogP contribution in [0, 0.1) is 0 Å². The van der Waals surface area contributed by atoms with E-state index in [1.54, 1.807) is 6.08 Å². The molecule has 0 heterocycles. The Morgan fingerprint density at radius 1 is 0.920 bits per heavy atom. The molecule has 0 spiro atoms. The smallest absolute Gasteiger partial charge is 0.325 e. The number of unbranched alkanes of at least 4 members (excludes halogenated alkanes) is 11. The molecular formula is C19H40NO4P. The molecule has 0 saturated carbocycles. The second-order valence-electron chi connectivity index (χ2n) is 7.08. The number of aliphatic hydroxyl groups is 1. The standard InChI is InChI=1S/C19H40NO4P/c1-2-3-4-5-6-7-8-9-10-11-12-13-14-15-19(21)18(20)16-17-25(22,23)24/h14-15,18-19,21H,2-13,16-17,20H2,1H3,(H2,22,23,24)/b15-14+/t18-,19-/m1/s1. The van der Waals surface area contributed by atoms with E-state index in [0.29, 0.717) is 0 Å². The molecule has 0 fully saturated rings. The monoisotopic (exact) mass is 377 g/mol. The minimum Gasteiger partial charge on any atom is -0.387 e. The van der Waals surface area contributed by atoms with Crippen molar-refractivity contribution in [2.24, 2.45) is 5.73 Å². The largest absolute Gasteiger partial charge is 0.387 e. The number of hydrogen-bond donors (Lipinski definition) is 4. The van der Waals surface area contributed by atoms with Crippen LogP contribution < -0.4 is 5.73 Å². The van der Waals surface area contributed by atoms with Crippen molar-refractivity contribution in [3.05, 3.63) is 12.2 Å². The van der Waals surface area contributed by atoms with Crippen LogP contribution in [-0.4, -0.2) is 33.2 Å². The molecule has 0 aliphatic heterocycles. The highest BCUT2D eigenvalue weighted by molar-refractivity contribution is 7.51. The maximum absolute atomic E-state index is 10.8. The lowest BCUT2D eigenvalue weighted by Gasteiger charge is -2.15. The molecule has 0 aromatic carbocycles. The second kappa shape index (κ2) is 16.0. The first-order chi connectivity index (χ1) is 11.9. The fraction of sp³-hybridized carbons (Fsp3) is 0.895. The highest BCUT2D eigenvalue weighted by Crippen LogP contribution is 2.35. The van der Waals surface area contributed by atoms with Gasteiger partial charge in [0.2, 0.25) is 0 Å². The number of allylic oxidation sites excluding steroid dienone is 1. The van der Waals surface area contributed by atoms with Crippen molar-refractivity contribution in [1.82, 2.24) is 0 Å². The topological polar surface area (TPSA) is 104 Å². The Morgan fingerprint density at radius 3 is 1.88 bits per heavy atom. The van der Waals surface area contributed by atoms with Gasteiger partial charge in [-0.25, -0.2) is 0 Å². The van der Waals surface area contributed by atoms with E-state index in [1.807, 2.05) is 6.08 Å². The maximum Gasteiger partial charge on any atom is 0.325 e. The molecule has 0 amide bonds. The van der Waals surface area contributed by atoms with Gasteiger partial charge in [-0.1, -0.05) is 83.3 Å². The van der Waals surface area contributed by atoms with Gasteiger partial charge in [-0.2, -0.15) is 0 Å². The fourth-order valence-electron chi connectivity index (χ4n) is 2.79. The Morgan fingerprint density at radius 2 is 1.40 bits per heavy atom. The summed E-state index contributed by atoms with van der Waals surface area (Å²) >= 11 is 0. The first-order valence-corrected chi connectivity index (χ1v) is 11.8. The molecule has 150 valence electrons. The minimum absolute atomic E-state index is 0.119. The van der Waals surface area contributed by atoms with Gasteiger partial charge in [0.25, 0.3) is 0 Å². The number of nitrogens with two attached hydrogens (primary N) is 1. The van der Waals surface area contributed by atoms with Crippen molar-refractivity contribution in [2.75, 3.05) is 6.16 Å². The summed E-state index contributed by atoms with van der Waals surface area (Å²) in [5, 5.41) is 9.83. The molecule has 5 nitrogen and oxygen atoms in total. The van der Waals surface area contributed by atoms with Gasteiger partial charge in [0.1, 0.15) is 0 Å². The predicted octanol–water partition coefficient (Wildman–Crippen LogP) is 4.50. The van der Waals surface area contributed by atoms with E-state index in [9.17, 15) is 9.67 Å². The van der Waals surface area contributed by atoms with Crippen LogP contribution in [0.4, 0.5) is 0 Å². The highest BCUT2D eigenvalue weighted by atomic mass is 31.2. The summed E-state index contributed by atoms with van der Waals surface area (Å²) in [6, 6.07) is -0.624. The van der Waals surface area contributed by atoms with Gasteiger partial charge in [-0.05, 0) is 19.3 Å². The third kappa shape index (κ3) is 18.4. The Labute approximate surface area is 154 Å². The SMILES string of the molecule is CCCCCCCCCCCCC/C=C/[C@@H](O)[C@H](N)CCP(=O)(O)O. The predicted molar refractivity (Wildman–Crippen MR) is 106 cm³/mol. The molecular weight excluding hydrogens is 337 g/mol. The van der Waals surface area contributed by atoms with Crippen molar-refractivity contribution in [2.45, 2.75) is 103 Å². The Hall–Kier alpha value is -0.190. The van der Waals surface area contributed by atoms with Crippen LogP contribution in [0.2, 0.25) is 0 Å². The molecule has 2 atom stereocenters. The summed E-state index contributed by atoms with van der Waals surface area (Å²) in [6.45, 7) is 2.25. The number of aliphatic hydroxyl groups excluding tert-OH is 1. The molecule has 0 aromatic heterocycles. The zero-order valence-corrected chi connectivity index (χ0v) is 16.9. The molecule has 0 aromatic rings. The van der Waals surface area contributed by atoms with Gasteiger partial charge in [-0.15, -0.1) is 0 Å². The van der Waals surface area contributed by atoms with E-state index in [2.05, 4.69) is 6.92 Å². The fourth-order valence-corrected chi connectivity index (χ4v) is 3.43. The summed E-state index contributed by atoms with van der Waals surface area (Å²) in [5.41, 5.74) is 5.73. The lowest BCUT2D eigenvalue weighted by Crippen LogP contribution is -2.34. The Bertz CT molecular complexity index is 370. The van der Waals surface area contributed by atoms with E-state index >= 15 is 0 Å². The Kier molecular flexibility index (Phi) is 15.9. The van der Waals surface area contributed by atoms with Crippen LogP contribution in [0.1, 0.15) is 90.4 Å². The average molecular weight is 378 g/mol. The van der Waals surface area contributed by atoms with Crippen LogP contribution in [0.15, 0.2) is 12.2 Å². The Balaban J connectivity index is 3.46. The third-order valence-electron chi connectivity index (χ3n) is 4.50. The van der Waals surface area contributed by atoms with Crippen molar-refractivity contribution >= 4 is 7.60 Å². The molecule has 6 heteroatoms. The normalized spacial score (nSPS) is 14.9. The van der Waals surface area contributed by atoms with Gasteiger partial charge in [0.05, 0.1) is 12.3 Å². The molecule has 0 bridgehead atoms. The lowest BCUT2D eigenvalue weighted by molar-refractivity contribution is 0.188. The molecule has 0 unspecified atom stereocenters. The maximum atomic E-state index is 10.8. The molecule has 0 saturated heterocycles. The van der Waals surface area contributed by atoms with Crippen molar-refractivity contribution in [3.63, 3.8) is 0 Å². The summed E-state index contributed by atoms with van der Waals surface area (Å²) < 4.78 is 10.8. The van der Waals surface area contributed by atoms with Crippen LogP contribution in [0.3, 0.4) is 0 Å². The second-order valence-corrected chi connectivity index (χ2v) is 8.86. The van der Waals surface area contributed by atoms with Gasteiger partial charge >= 0.3 is 7.60 Å². The van der Waals surface area contributed by atoms with Crippen LogP contribution in [0.25, 0.3) is 0 Å². The van der Waals surface area contributed by atoms with Crippen molar-refractivity contribution in [1.29, 1.82) is 0 Å². The van der Waals surface area contributed by atoms with Crippen molar-refractivity contribution < 1.29 is 19.5 Å². The molecule has 5 N–H and O–H groups in total. The summed E-state index contributed by atoms with van der Waals surface area (Å²) in [4.78, 5) is 17.6. The average Bonchev–Trinajstić information content (AvgIpc) is 2.56. The molecule has 0 radical (unpaired) electrons. The summed E-state index contributed by atoms with van der Waals surface area (Å²) in [5.74, 6) is 0. The van der Waals surface area contributed by atoms with Crippen molar-refractivity contribution in [3.8, 4) is 0 Å². The first kappa shape index (κ1) is 24.8.